The van der Waals surface area contributed by atoms with E-state index in [-0.39, 0.29) is 55.4 Å². The van der Waals surface area contributed by atoms with Gasteiger partial charge in [-0.05, 0) is 81.2 Å². The van der Waals surface area contributed by atoms with Gasteiger partial charge >= 0.3 is 6.09 Å². The highest BCUT2D eigenvalue weighted by Gasteiger charge is 2.45. The molecule has 0 radical (unpaired) electrons. The van der Waals surface area contributed by atoms with Crippen LogP contribution in [0.5, 0.6) is 0 Å². The van der Waals surface area contributed by atoms with Crippen LogP contribution in [0.4, 0.5) is 10.5 Å². The van der Waals surface area contributed by atoms with Gasteiger partial charge in [-0.3, -0.25) is 19.3 Å². The van der Waals surface area contributed by atoms with Gasteiger partial charge in [0.15, 0.2) is 6.29 Å². The summed E-state index contributed by atoms with van der Waals surface area (Å²) in [6.45, 7) is 6.54. The number of hydrogen-bond acceptors (Lipinski definition) is 9. The van der Waals surface area contributed by atoms with E-state index in [4.69, 9.17) is 14.2 Å². The zero-order chi connectivity index (χ0) is 39.4. The highest BCUT2D eigenvalue weighted by atomic mass is 16.7. The first-order valence-electron chi connectivity index (χ1n) is 20.0. The number of piperidine rings is 1. The minimum atomic E-state index is -1.07. The molecule has 3 aromatic carbocycles. The number of likely N-dealkylation sites (tertiary alicyclic amines) is 1. The highest BCUT2D eigenvalue weighted by molar-refractivity contribution is 6.22. The molecule has 3 N–H and O–H groups in total. The third-order valence-corrected chi connectivity index (χ3v) is 11.4. The molecule has 4 fully saturated rings. The van der Waals surface area contributed by atoms with Crippen LogP contribution in [0.2, 0.25) is 0 Å². The van der Waals surface area contributed by atoms with Crippen molar-refractivity contribution >= 4 is 29.5 Å². The van der Waals surface area contributed by atoms with E-state index in [0.717, 1.165) is 53.7 Å². The first kappa shape index (κ1) is 39.6. The van der Waals surface area contributed by atoms with Crippen molar-refractivity contribution in [1.29, 1.82) is 0 Å². The average Bonchev–Trinajstić information content (AvgIpc) is 3.47. The first-order valence-corrected chi connectivity index (χ1v) is 20.0. The van der Waals surface area contributed by atoms with Crippen molar-refractivity contribution in [2.24, 2.45) is 5.92 Å². The first-order chi connectivity index (χ1) is 27.0. The van der Waals surface area contributed by atoms with Crippen molar-refractivity contribution in [1.82, 2.24) is 15.5 Å². The van der Waals surface area contributed by atoms with E-state index < -0.39 is 30.2 Å². The monoisotopic (exact) mass is 766 g/mol. The fraction of sp³-hybridized carbons (Fsp3) is 0.500. The molecule has 0 spiro atoms. The number of ether oxygens (including phenoxy) is 3. The molecule has 0 bridgehead atoms. The van der Waals surface area contributed by atoms with Crippen molar-refractivity contribution in [2.45, 2.75) is 128 Å². The quantitative estimate of drug-likeness (QED) is 0.205. The van der Waals surface area contributed by atoms with Crippen LogP contribution in [-0.4, -0.2) is 70.1 Å². The van der Waals surface area contributed by atoms with Gasteiger partial charge < -0.3 is 30.0 Å². The van der Waals surface area contributed by atoms with Crippen molar-refractivity contribution in [2.75, 3.05) is 11.4 Å². The van der Waals surface area contributed by atoms with Gasteiger partial charge in [-0.2, -0.15) is 0 Å². The Morgan fingerprint density at radius 1 is 0.875 bits per heavy atom. The number of carbonyl (C=O) groups excluding carboxylic acids is 4. The number of hydrogen-bond donors (Lipinski definition) is 3. The van der Waals surface area contributed by atoms with Crippen LogP contribution in [0.15, 0.2) is 78.9 Å². The largest absolute Gasteiger partial charge is 0.445 e. The van der Waals surface area contributed by atoms with Gasteiger partial charge in [0.05, 0.1) is 37.0 Å². The number of anilines is 1. The van der Waals surface area contributed by atoms with E-state index in [2.05, 4.69) is 15.5 Å². The summed E-state index contributed by atoms with van der Waals surface area (Å²) in [6, 6.07) is 22.8. The molecule has 12 heteroatoms. The Morgan fingerprint density at radius 3 is 2.39 bits per heavy atom. The van der Waals surface area contributed by atoms with Crippen LogP contribution < -0.4 is 15.5 Å². The van der Waals surface area contributed by atoms with E-state index in [1.54, 1.807) is 18.2 Å². The lowest BCUT2D eigenvalue weighted by atomic mass is 9.75. The summed E-state index contributed by atoms with van der Waals surface area (Å²) in [5.74, 6) is -0.416. The second-order valence-corrected chi connectivity index (χ2v) is 16.6. The van der Waals surface area contributed by atoms with Gasteiger partial charge in [0, 0.05) is 30.1 Å². The Balaban J connectivity index is 1.11. The van der Waals surface area contributed by atoms with E-state index >= 15 is 0 Å². The summed E-state index contributed by atoms with van der Waals surface area (Å²) in [5, 5.41) is 15.5. The molecule has 12 nitrogen and oxygen atoms in total. The topological polar surface area (TPSA) is 147 Å². The summed E-state index contributed by atoms with van der Waals surface area (Å²) >= 11 is 0. The summed E-state index contributed by atoms with van der Waals surface area (Å²) in [6.07, 6.45) is 4.43. The predicted molar refractivity (Wildman–Crippen MR) is 209 cm³/mol. The summed E-state index contributed by atoms with van der Waals surface area (Å²) in [5.41, 5.74) is 3.14. The molecule has 7 rings (SSSR count). The summed E-state index contributed by atoms with van der Waals surface area (Å²) in [4.78, 5) is 56.8. The third kappa shape index (κ3) is 9.32. The lowest BCUT2D eigenvalue weighted by Gasteiger charge is -2.50. The molecule has 3 aliphatic heterocycles. The van der Waals surface area contributed by atoms with Crippen molar-refractivity contribution in [3.05, 3.63) is 101 Å². The SMILES string of the molecule is CC(C)(C)NC(=O)C1CCC2CCCCC2N1CC1CC(c2ccc(CO)cc2)OC(c2cccc(N3C(=O)CC(NC(=O)OCc4ccccc4)C3=O)c2)O1. The number of benzene rings is 3. The fourth-order valence-electron chi connectivity index (χ4n) is 8.73. The number of nitrogens with one attached hydrogen (secondary N) is 2. The number of nitrogens with zero attached hydrogens (tertiary/aromatic N) is 2. The Kier molecular flexibility index (Phi) is 12.2. The molecule has 7 atom stereocenters. The smallest absolute Gasteiger partial charge is 0.408 e. The Morgan fingerprint density at radius 2 is 1.64 bits per heavy atom. The van der Waals surface area contributed by atoms with Crippen LogP contribution in [-0.2, 0) is 41.8 Å². The molecule has 0 aromatic heterocycles. The van der Waals surface area contributed by atoms with Crippen LogP contribution >= 0.6 is 0 Å². The molecule has 4 amide bonds. The molecule has 4 aliphatic rings. The average molecular weight is 767 g/mol. The van der Waals surface area contributed by atoms with Crippen LogP contribution in [0.25, 0.3) is 0 Å². The Bertz CT molecular complexity index is 1860. The molecule has 1 aliphatic carbocycles. The molecular weight excluding hydrogens is 713 g/mol. The lowest BCUT2D eigenvalue weighted by Crippen LogP contribution is -2.61. The third-order valence-electron chi connectivity index (χ3n) is 11.4. The number of imide groups is 1. The molecule has 1 saturated carbocycles. The minimum absolute atomic E-state index is 0.0337. The van der Waals surface area contributed by atoms with Crippen LogP contribution in [0.3, 0.4) is 0 Å². The van der Waals surface area contributed by atoms with Gasteiger partial charge in [0.1, 0.15) is 12.6 Å². The maximum Gasteiger partial charge on any atom is 0.408 e. The number of alkyl carbamates (subject to hydrolysis) is 1. The van der Waals surface area contributed by atoms with Gasteiger partial charge in [0.25, 0.3) is 5.91 Å². The van der Waals surface area contributed by atoms with E-state index in [1.807, 2.05) is 81.4 Å². The second kappa shape index (κ2) is 17.3. The number of rotatable bonds is 10. The number of carbonyl (C=O) groups is 4. The summed E-state index contributed by atoms with van der Waals surface area (Å²) in [7, 11) is 0. The minimum Gasteiger partial charge on any atom is -0.445 e. The molecule has 3 heterocycles. The molecule has 56 heavy (non-hydrogen) atoms. The van der Waals surface area contributed by atoms with E-state index in [0.29, 0.717) is 30.1 Å². The van der Waals surface area contributed by atoms with Gasteiger partial charge in [0.2, 0.25) is 11.8 Å². The number of amides is 4. The zero-order valence-electron chi connectivity index (χ0n) is 32.5. The summed E-state index contributed by atoms with van der Waals surface area (Å²) < 4.78 is 18.8. The highest BCUT2D eigenvalue weighted by Crippen LogP contribution is 2.42. The van der Waals surface area contributed by atoms with E-state index in [9.17, 15) is 24.3 Å². The normalized spacial score (nSPS) is 27.1. The van der Waals surface area contributed by atoms with E-state index in [1.165, 1.54) is 6.42 Å². The maximum absolute atomic E-state index is 13.8. The maximum atomic E-state index is 13.8. The Labute approximate surface area is 328 Å². The molecule has 7 unspecified atom stereocenters. The number of aliphatic hydroxyl groups is 1. The fourth-order valence-corrected chi connectivity index (χ4v) is 8.73. The van der Waals surface area contributed by atoms with Gasteiger partial charge in [-0.25, -0.2) is 9.69 Å². The Hall–Kier alpha value is -4.62. The second-order valence-electron chi connectivity index (χ2n) is 16.6. The molecular formula is C44H54N4O8. The van der Waals surface area contributed by atoms with Crippen LogP contribution in [0.1, 0.15) is 107 Å². The molecule has 298 valence electrons. The molecule has 3 saturated heterocycles. The van der Waals surface area contributed by atoms with Crippen molar-refractivity contribution < 1.29 is 38.5 Å². The zero-order valence-corrected chi connectivity index (χ0v) is 32.5. The lowest BCUT2D eigenvalue weighted by molar-refractivity contribution is -0.255. The van der Waals surface area contributed by atoms with Crippen LogP contribution in [0, 0.1) is 5.92 Å². The van der Waals surface area contributed by atoms with Crippen molar-refractivity contribution in [3.63, 3.8) is 0 Å². The van der Waals surface area contributed by atoms with Gasteiger partial charge in [-0.15, -0.1) is 0 Å². The molecule has 3 aromatic rings. The predicted octanol–water partition coefficient (Wildman–Crippen LogP) is 6.22. The number of aliphatic hydroxyl groups excluding tert-OH is 1. The number of fused-ring (bicyclic) bond motifs is 1. The van der Waals surface area contributed by atoms with Crippen molar-refractivity contribution in [3.8, 4) is 0 Å². The standard InChI is InChI=1S/C44H54N4O8/c1-44(2,3)46-40(51)37-21-20-30-12-7-8-15-36(30)47(37)25-34-23-38(31-18-16-28(26-49)17-19-31)56-42(55-34)32-13-9-14-33(22-32)48-39(50)24-35(41(48)52)45-43(53)54-27-29-10-5-4-6-11-29/h4-6,9-11,13-14,16-19,22,30,34-38,42,49H,7-8,12,15,20-21,23-27H2,1-3H3,(H,45,53)(H,46,51). The van der Waals surface area contributed by atoms with Gasteiger partial charge in [-0.1, -0.05) is 79.6 Å².